The Balaban J connectivity index is 2.81. The molecule has 1 rings (SSSR count). The Morgan fingerprint density at radius 2 is 2.46 bits per heavy atom. The molecule has 0 aromatic carbocycles. The number of ether oxygens (including phenoxy) is 1. The number of aryl methyl sites for hydroxylation is 1. The van der Waals surface area contributed by atoms with Gasteiger partial charge in [-0.2, -0.15) is 4.57 Å². The third-order valence-electron chi connectivity index (χ3n) is 1.60. The number of carboxylic acid groups (broad SMARTS) is 1. The van der Waals surface area contributed by atoms with Gasteiger partial charge in [0.2, 0.25) is 6.33 Å². The van der Waals surface area contributed by atoms with Crippen LogP contribution >= 0.6 is 0 Å². The normalized spacial score (nSPS) is 12.8. The van der Waals surface area contributed by atoms with Crippen molar-refractivity contribution < 1.29 is 19.2 Å². The molecule has 1 N–H and O–H groups in total. The maximum absolute atomic E-state index is 10.7. The third-order valence-corrected chi connectivity index (χ3v) is 1.60. The van der Waals surface area contributed by atoms with E-state index < -0.39 is 12.2 Å². The van der Waals surface area contributed by atoms with Gasteiger partial charge in [0.25, 0.3) is 0 Å². The molecular formula is C8H13N2O3+. The summed E-state index contributed by atoms with van der Waals surface area (Å²) in [6.45, 7) is 2.14. The molecule has 72 valence electrons. The molecule has 5 nitrogen and oxygen atoms in total. The summed E-state index contributed by atoms with van der Waals surface area (Å²) in [7, 11) is 1.82. The third kappa shape index (κ3) is 2.29. The minimum Gasteiger partial charge on any atom is -0.476 e. The molecule has 1 unspecified atom stereocenters. The monoisotopic (exact) mass is 185 g/mol. The fraction of sp³-hybridized carbons (Fsp3) is 0.500. The first kappa shape index (κ1) is 9.73. The molecule has 0 aliphatic rings. The molecule has 0 radical (unpaired) electrons. The van der Waals surface area contributed by atoms with Crippen molar-refractivity contribution >= 4 is 5.97 Å². The molecule has 1 heterocycles. The number of carbonyl (C=O) groups is 1. The highest BCUT2D eigenvalue weighted by molar-refractivity contribution is 5.70. The number of carboxylic acids is 1. The fourth-order valence-electron chi connectivity index (χ4n) is 1.05. The zero-order chi connectivity index (χ0) is 9.84. The molecule has 0 saturated carbocycles. The summed E-state index contributed by atoms with van der Waals surface area (Å²) in [6, 6.07) is 0. The standard InChI is InChI=1S/C8H12N2O3/c1-3-13-7(8(11)12)10-5-4-9(2)6-10/h4-7H,3H2,1-2H3/p+1. The summed E-state index contributed by atoms with van der Waals surface area (Å²) in [4.78, 5) is 10.7. The van der Waals surface area contributed by atoms with Gasteiger partial charge in [-0.1, -0.05) is 0 Å². The molecule has 0 amide bonds. The van der Waals surface area contributed by atoms with E-state index in [9.17, 15) is 4.79 Å². The van der Waals surface area contributed by atoms with Crippen LogP contribution in [0.3, 0.4) is 0 Å². The SMILES string of the molecule is CCOC(C(=O)O)n1cc[n+](C)c1. The van der Waals surface area contributed by atoms with Gasteiger partial charge in [-0.25, -0.2) is 9.36 Å². The predicted octanol–water partition coefficient (Wildman–Crippen LogP) is -0.0677. The molecule has 13 heavy (non-hydrogen) atoms. The van der Waals surface area contributed by atoms with E-state index in [0.29, 0.717) is 6.61 Å². The second-order valence-electron chi connectivity index (χ2n) is 2.67. The van der Waals surface area contributed by atoms with Crippen molar-refractivity contribution in [2.24, 2.45) is 7.05 Å². The number of aliphatic carboxylic acids is 1. The summed E-state index contributed by atoms with van der Waals surface area (Å²) >= 11 is 0. The molecule has 0 fully saturated rings. The second-order valence-corrected chi connectivity index (χ2v) is 2.67. The van der Waals surface area contributed by atoms with Gasteiger partial charge in [0.1, 0.15) is 12.4 Å². The first-order chi connectivity index (χ1) is 6.15. The molecule has 0 aliphatic heterocycles. The first-order valence-electron chi connectivity index (χ1n) is 4.02. The van der Waals surface area contributed by atoms with Crippen LogP contribution in [0.25, 0.3) is 0 Å². The lowest BCUT2D eigenvalue weighted by Gasteiger charge is -2.07. The molecule has 5 heteroatoms. The number of rotatable bonds is 4. The number of hydrogen-bond acceptors (Lipinski definition) is 2. The van der Waals surface area contributed by atoms with Crippen LogP contribution in [0.4, 0.5) is 0 Å². The van der Waals surface area contributed by atoms with Crippen LogP contribution in [0, 0.1) is 0 Å². The first-order valence-corrected chi connectivity index (χ1v) is 4.02. The number of nitrogens with zero attached hydrogens (tertiary/aromatic N) is 2. The summed E-state index contributed by atoms with van der Waals surface area (Å²) < 4.78 is 8.32. The van der Waals surface area contributed by atoms with Gasteiger partial charge in [-0.05, 0) is 6.92 Å². The van der Waals surface area contributed by atoms with E-state index in [1.54, 1.807) is 30.2 Å². The van der Waals surface area contributed by atoms with Gasteiger partial charge in [0.15, 0.2) is 0 Å². The van der Waals surface area contributed by atoms with Crippen molar-refractivity contribution in [3.05, 3.63) is 18.7 Å². The van der Waals surface area contributed by atoms with Crippen molar-refractivity contribution in [3.63, 3.8) is 0 Å². The highest BCUT2D eigenvalue weighted by Gasteiger charge is 2.24. The smallest absolute Gasteiger partial charge is 0.378 e. The minimum atomic E-state index is -0.988. The van der Waals surface area contributed by atoms with Crippen molar-refractivity contribution in [1.82, 2.24) is 4.57 Å². The van der Waals surface area contributed by atoms with Crippen LogP contribution in [0.1, 0.15) is 13.2 Å². The average molecular weight is 185 g/mol. The van der Waals surface area contributed by atoms with E-state index in [0.717, 1.165) is 0 Å². The lowest BCUT2D eigenvalue weighted by molar-refractivity contribution is -0.671. The zero-order valence-corrected chi connectivity index (χ0v) is 7.67. The van der Waals surface area contributed by atoms with Crippen LogP contribution < -0.4 is 4.57 Å². The van der Waals surface area contributed by atoms with Crippen LogP contribution in [0.5, 0.6) is 0 Å². The second kappa shape index (κ2) is 4.04. The zero-order valence-electron chi connectivity index (χ0n) is 7.67. The highest BCUT2D eigenvalue weighted by Crippen LogP contribution is 2.06. The van der Waals surface area contributed by atoms with E-state index in [-0.39, 0.29) is 0 Å². The Bertz CT molecular complexity index is 295. The van der Waals surface area contributed by atoms with Crippen molar-refractivity contribution in [2.75, 3.05) is 6.61 Å². The Morgan fingerprint density at radius 3 is 2.85 bits per heavy atom. The van der Waals surface area contributed by atoms with Crippen LogP contribution in [0.15, 0.2) is 18.7 Å². The summed E-state index contributed by atoms with van der Waals surface area (Å²) in [5.41, 5.74) is 0. The van der Waals surface area contributed by atoms with Crippen LogP contribution in [-0.4, -0.2) is 22.2 Å². The average Bonchev–Trinajstić information content (AvgIpc) is 2.46. The quantitative estimate of drug-likeness (QED) is 0.668. The Kier molecular flexibility index (Phi) is 3.02. The fourth-order valence-corrected chi connectivity index (χ4v) is 1.05. The van der Waals surface area contributed by atoms with Gasteiger partial charge in [0.05, 0.1) is 7.05 Å². The van der Waals surface area contributed by atoms with E-state index in [1.165, 1.54) is 4.57 Å². The molecular weight excluding hydrogens is 172 g/mol. The minimum absolute atomic E-state index is 0.374. The highest BCUT2D eigenvalue weighted by atomic mass is 16.5. The lowest BCUT2D eigenvalue weighted by Crippen LogP contribution is -2.27. The summed E-state index contributed by atoms with van der Waals surface area (Å²) in [5, 5.41) is 8.81. The van der Waals surface area contributed by atoms with E-state index in [1.807, 2.05) is 7.05 Å². The molecule has 0 aliphatic carbocycles. The van der Waals surface area contributed by atoms with Gasteiger partial charge >= 0.3 is 12.2 Å². The van der Waals surface area contributed by atoms with Gasteiger partial charge in [-0.3, -0.25) is 0 Å². The van der Waals surface area contributed by atoms with Gasteiger partial charge < -0.3 is 9.84 Å². The molecule has 0 spiro atoms. The Morgan fingerprint density at radius 1 is 1.77 bits per heavy atom. The van der Waals surface area contributed by atoms with Gasteiger partial charge in [0, 0.05) is 6.61 Å². The predicted molar refractivity (Wildman–Crippen MR) is 43.9 cm³/mol. The lowest BCUT2D eigenvalue weighted by atomic mass is 10.5. The maximum Gasteiger partial charge on any atom is 0.378 e. The van der Waals surface area contributed by atoms with Gasteiger partial charge in [-0.15, -0.1) is 0 Å². The molecule has 0 bridgehead atoms. The maximum atomic E-state index is 10.7. The van der Waals surface area contributed by atoms with E-state index in [4.69, 9.17) is 9.84 Å². The summed E-state index contributed by atoms with van der Waals surface area (Å²) in [6.07, 6.45) is 4.16. The number of hydrogen-bond donors (Lipinski definition) is 1. The largest absolute Gasteiger partial charge is 0.476 e. The molecule has 1 atom stereocenters. The van der Waals surface area contributed by atoms with Crippen LogP contribution in [0.2, 0.25) is 0 Å². The van der Waals surface area contributed by atoms with E-state index in [2.05, 4.69) is 0 Å². The topological polar surface area (TPSA) is 55.3 Å². The molecule has 1 aromatic heterocycles. The molecule has 1 aromatic rings. The van der Waals surface area contributed by atoms with Crippen molar-refractivity contribution in [2.45, 2.75) is 13.2 Å². The Hall–Kier alpha value is -1.36. The number of aromatic nitrogens is 2. The van der Waals surface area contributed by atoms with E-state index >= 15 is 0 Å². The Labute approximate surface area is 76.2 Å². The number of imidazole rings is 1. The van der Waals surface area contributed by atoms with Crippen molar-refractivity contribution in [1.29, 1.82) is 0 Å². The molecule has 0 saturated heterocycles. The summed E-state index contributed by atoms with van der Waals surface area (Å²) in [5.74, 6) is -0.988. The van der Waals surface area contributed by atoms with Crippen LogP contribution in [-0.2, 0) is 16.6 Å². The van der Waals surface area contributed by atoms with Crippen molar-refractivity contribution in [3.8, 4) is 0 Å².